The van der Waals surface area contributed by atoms with Gasteiger partial charge in [0.1, 0.15) is 6.23 Å². The van der Waals surface area contributed by atoms with Crippen LogP contribution in [0.5, 0.6) is 0 Å². The van der Waals surface area contributed by atoms with Crippen molar-refractivity contribution in [2.45, 2.75) is 40.3 Å². The Hall–Kier alpha value is -0.0800. The Bertz CT molecular complexity index is 85.7. The first-order chi connectivity index (χ1) is 4.45. The smallest absolute Gasteiger partial charge is 0.105 e. The maximum Gasteiger partial charge on any atom is 0.105 e. The predicted octanol–water partition coefficient (Wildman–Crippen LogP) is 1.35. The van der Waals surface area contributed by atoms with E-state index in [1.807, 2.05) is 6.92 Å². The Labute approximate surface area is 63.6 Å². The van der Waals surface area contributed by atoms with Gasteiger partial charge in [-0.25, -0.2) is 0 Å². The first-order valence-electron chi connectivity index (χ1n) is 3.87. The molecule has 0 aromatic heterocycles. The van der Waals surface area contributed by atoms with E-state index < -0.39 is 0 Å². The second-order valence-corrected chi connectivity index (χ2v) is 3.84. The lowest BCUT2D eigenvalue weighted by Crippen LogP contribution is -2.32. The van der Waals surface area contributed by atoms with Gasteiger partial charge in [-0.1, -0.05) is 27.7 Å². The second-order valence-electron chi connectivity index (χ2n) is 3.84. The Morgan fingerprint density at radius 2 is 1.90 bits per heavy atom. The Morgan fingerprint density at radius 3 is 2.20 bits per heavy atom. The largest absolute Gasteiger partial charge is 0.379 e. The number of aliphatic hydroxyl groups excluding tert-OH is 1. The normalized spacial score (nSPS) is 15.3. The van der Waals surface area contributed by atoms with Gasteiger partial charge in [0.05, 0.1) is 0 Å². The fourth-order valence-corrected chi connectivity index (χ4v) is 0.888. The van der Waals surface area contributed by atoms with Crippen LogP contribution in [-0.2, 0) is 0 Å². The molecule has 0 saturated carbocycles. The first-order valence-corrected chi connectivity index (χ1v) is 3.87. The zero-order valence-electron chi connectivity index (χ0n) is 7.44. The molecular formula is C8H19NO. The molecule has 0 heterocycles. The SMILES string of the molecule is CCNC(O)CC(C)(C)C. The van der Waals surface area contributed by atoms with E-state index in [0.717, 1.165) is 13.0 Å². The van der Waals surface area contributed by atoms with Crippen LogP contribution in [-0.4, -0.2) is 17.9 Å². The Kier molecular flexibility index (Phi) is 3.91. The Balaban J connectivity index is 3.47. The molecule has 2 N–H and O–H groups in total. The molecule has 0 aromatic carbocycles. The minimum atomic E-state index is -0.343. The standard InChI is InChI=1S/C8H19NO/c1-5-9-7(10)6-8(2,3)4/h7,9-10H,5-6H2,1-4H3. The summed E-state index contributed by atoms with van der Waals surface area (Å²) < 4.78 is 0. The highest BCUT2D eigenvalue weighted by atomic mass is 16.3. The van der Waals surface area contributed by atoms with Crippen molar-refractivity contribution >= 4 is 0 Å². The van der Waals surface area contributed by atoms with Crippen molar-refractivity contribution in [2.75, 3.05) is 6.54 Å². The van der Waals surface area contributed by atoms with Gasteiger partial charge in [-0.15, -0.1) is 0 Å². The van der Waals surface area contributed by atoms with Gasteiger partial charge in [0.2, 0.25) is 0 Å². The van der Waals surface area contributed by atoms with Crippen molar-refractivity contribution in [1.29, 1.82) is 0 Å². The number of hydrogen-bond donors (Lipinski definition) is 2. The van der Waals surface area contributed by atoms with Gasteiger partial charge < -0.3 is 5.11 Å². The van der Waals surface area contributed by atoms with Crippen LogP contribution in [0.3, 0.4) is 0 Å². The van der Waals surface area contributed by atoms with Gasteiger partial charge in [-0.05, 0) is 18.4 Å². The third kappa shape index (κ3) is 6.05. The van der Waals surface area contributed by atoms with Crippen molar-refractivity contribution < 1.29 is 5.11 Å². The molecule has 0 aliphatic rings. The maximum atomic E-state index is 9.27. The van der Waals surface area contributed by atoms with Gasteiger partial charge in [0, 0.05) is 0 Å². The molecule has 0 rings (SSSR count). The molecule has 0 fully saturated rings. The molecule has 1 atom stereocenters. The number of hydrogen-bond acceptors (Lipinski definition) is 2. The van der Waals surface area contributed by atoms with Gasteiger partial charge in [-0.3, -0.25) is 5.32 Å². The van der Waals surface area contributed by atoms with Gasteiger partial charge in [0.25, 0.3) is 0 Å². The Morgan fingerprint density at radius 1 is 1.40 bits per heavy atom. The van der Waals surface area contributed by atoms with Crippen LogP contribution >= 0.6 is 0 Å². The fourth-order valence-electron chi connectivity index (χ4n) is 0.888. The lowest BCUT2D eigenvalue weighted by Gasteiger charge is -2.22. The summed E-state index contributed by atoms with van der Waals surface area (Å²) in [5, 5.41) is 12.2. The van der Waals surface area contributed by atoms with Crippen LogP contribution in [0.25, 0.3) is 0 Å². The van der Waals surface area contributed by atoms with E-state index in [0.29, 0.717) is 0 Å². The summed E-state index contributed by atoms with van der Waals surface area (Å²) >= 11 is 0. The van der Waals surface area contributed by atoms with Crippen LogP contribution in [0, 0.1) is 5.41 Å². The molecule has 0 aliphatic carbocycles. The molecule has 0 amide bonds. The summed E-state index contributed by atoms with van der Waals surface area (Å²) in [5.74, 6) is 0. The molecule has 0 spiro atoms. The van der Waals surface area contributed by atoms with Crippen molar-refractivity contribution in [3.63, 3.8) is 0 Å². The third-order valence-corrected chi connectivity index (χ3v) is 1.25. The van der Waals surface area contributed by atoms with E-state index in [4.69, 9.17) is 0 Å². The third-order valence-electron chi connectivity index (χ3n) is 1.25. The lowest BCUT2D eigenvalue weighted by molar-refractivity contribution is 0.0920. The quantitative estimate of drug-likeness (QED) is 0.587. The molecule has 0 saturated heterocycles. The highest BCUT2D eigenvalue weighted by molar-refractivity contribution is 4.65. The highest BCUT2D eigenvalue weighted by Crippen LogP contribution is 2.19. The molecule has 2 nitrogen and oxygen atoms in total. The first kappa shape index (κ1) is 9.92. The topological polar surface area (TPSA) is 32.3 Å². The van der Waals surface area contributed by atoms with Crippen molar-refractivity contribution in [2.24, 2.45) is 5.41 Å². The number of nitrogens with one attached hydrogen (secondary N) is 1. The summed E-state index contributed by atoms with van der Waals surface area (Å²) in [6.45, 7) is 9.18. The summed E-state index contributed by atoms with van der Waals surface area (Å²) in [4.78, 5) is 0. The summed E-state index contributed by atoms with van der Waals surface area (Å²) in [7, 11) is 0. The highest BCUT2D eigenvalue weighted by Gasteiger charge is 2.14. The van der Waals surface area contributed by atoms with Crippen LogP contribution in [0.15, 0.2) is 0 Å². The summed E-state index contributed by atoms with van der Waals surface area (Å²) in [5.41, 5.74) is 0.210. The van der Waals surface area contributed by atoms with Gasteiger partial charge in [0.15, 0.2) is 0 Å². The van der Waals surface area contributed by atoms with E-state index >= 15 is 0 Å². The molecule has 0 bridgehead atoms. The summed E-state index contributed by atoms with van der Waals surface area (Å²) in [6.07, 6.45) is 0.464. The average molecular weight is 145 g/mol. The van der Waals surface area contributed by atoms with E-state index in [1.165, 1.54) is 0 Å². The van der Waals surface area contributed by atoms with Crippen molar-refractivity contribution in [3.05, 3.63) is 0 Å². The van der Waals surface area contributed by atoms with Crippen LogP contribution < -0.4 is 5.32 Å². The predicted molar refractivity (Wildman–Crippen MR) is 43.8 cm³/mol. The molecule has 0 aromatic rings. The molecule has 62 valence electrons. The lowest BCUT2D eigenvalue weighted by atomic mass is 9.91. The monoisotopic (exact) mass is 145 g/mol. The fraction of sp³-hybridized carbons (Fsp3) is 1.00. The molecule has 0 aliphatic heterocycles. The zero-order valence-corrected chi connectivity index (χ0v) is 7.44. The van der Waals surface area contributed by atoms with Crippen molar-refractivity contribution in [1.82, 2.24) is 5.32 Å². The van der Waals surface area contributed by atoms with E-state index in [-0.39, 0.29) is 11.6 Å². The zero-order chi connectivity index (χ0) is 8.20. The molecule has 10 heavy (non-hydrogen) atoms. The molecule has 1 unspecified atom stereocenters. The second kappa shape index (κ2) is 3.94. The summed E-state index contributed by atoms with van der Waals surface area (Å²) in [6, 6.07) is 0. The molecular weight excluding hydrogens is 126 g/mol. The van der Waals surface area contributed by atoms with Crippen LogP contribution in [0.1, 0.15) is 34.1 Å². The van der Waals surface area contributed by atoms with Crippen LogP contribution in [0.4, 0.5) is 0 Å². The van der Waals surface area contributed by atoms with E-state index in [1.54, 1.807) is 0 Å². The van der Waals surface area contributed by atoms with E-state index in [9.17, 15) is 5.11 Å². The van der Waals surface area contributed by atoms with Crippen molar-refractivity contribution in [3.8, 4) is 0 Å². The minimum Gasteiger partial charge on any atom is -0.379 e. The van der Waals surface area contributed by atoms with Crippen LogP contribution in [0.2, 0.25) is 0 Å². The number of rotatable bonds is 3. The maximum absolute atomic E-state index is 9.27. The average Bonchev–Trinajstić information content (AvgIpc) is 1.59. The number of aliphatic hydroxyl groups is 1. The van der Waals surface area contributed by atoms with E-state index in [2.05, 4.69) is 26.1 Å². The minimum absolute atomic E-state index is 0.210. The molecule has 0 radical (unpaired) electrons. The van der Waals surface area contributed by atoms with Gasteiger partial charge in [-0.2, -0.15) is 0 Å². The molecule has 2 heteroatoms. The van der Waals surface area contributed by atoms with Gasteiger partial charge >= 0.3 is 0 Å².